The van der Waals surface area contributed by atoms with E-state index < -0.39 is 23.2 Å². The van der Waals surface area contributed by atoms with Crippen LogP contribution in [0.5, 0.6) is 11.8 Å². The third-order valence-corrected chi connectivity index (χ3v) is 5.41. The summed E-state index contributed by atoms with van der Waals surface area (Å²) >= 11 is 0.943. The molecule has 0 spiro atoms. The van der Waals surface area contributed by atoms with Gasteiger partial charge in [0.15, 0.2) is 10.7 Å². The molecule has 0 radical (unpaired) electrons. The third kappa shape index (κ3) is 4.78. The molecule has 0 aromatic carbocycles. The van der Waals surface area contributed by atoms with E-state index in [9.17, 15) is 23.1 Å². The van der Waals surface area contributed by atoms with Crippen LogP contribution >= 0.6 is 11.3 Å². The summed E-state index contributed by atoms with van der Waals surface area (Å²) in [7, 11) is 2.64. The van der Waals surface area contributed by atoms with Crippen molar-refractivity contribution >= 4 is 22.4 Å². The molecule has 3 rings (SSSR count). The topological polar surface area (TPSA) is 119 Å². The SMILES string of the molecule is COc1ncnc(OC)c1C(=O)Nc1nc(-c2ccc(C(F)(F)F)cn2)c(C(C)(C)O)s1. The molecule has 0 aliphatic heterocycles. The van der Waals surface area contributed by atoms with Crippen LogP contribution in [-0.4, -0.2) is 45.2 Å². The van der Waals surface area contributed by atoms with Gasteiger partial charge in [-0.25, -0.2) is 15.0 Å². The zero-order valence-electron chi connectivity index (χ0n) is 17.3. The molecule has 3 heterocycles. The van der Waals surface area contributed by atoms with Crippen molar-refractivity contribution in [1.82, 2.24) is 19.9 Å². The molecule has 0 unspecified atom stereocenters. The van der Waals surface area contributed by atoms with Crippen LogP contribution in [0.25, 0.3) is 11.4 Å². The number of amides is 1. The van der Waals surface area contributed by atoms with Crippen molar-refractivity contribution in [2.24, 2.45) is 0 Å². The van der Waals surface area contributed by atoms with Crippen LogP contribution in [0.4, 0.5) is 18.3 Å². The number of nitrogens with one attached hydrogen (secondary N) is 1. The zero-order chi connectivity index (χ0) is 23.7. The average Bonchev–Trinajstić information content (AvgIpc) is 3.16. The first-order valence-electron chi connectivity index (χ1n) is 8.97. The minimum Gasteiger partial charge on any atom is -0.480 e. The first-order valence-corrected chi connectivity index (χ1v) is 9.79. The van der Waals surface area contributed by atoms with Crippen LogP contribution < -0.4 is 14.8 Å². The van der Waals surface area contributed by atoms with Gasteiger partial charge < -0.3 is 14.6 Å². The Morgan fingerprint density at radius 1 is 1.09 bits per heavy atom. The molecule has 0 saturated carbocycles. The van der Waals surface area contributed by atoms with E-state index in [-0.39, 0.29) is 33.8 Å². The Kier molecular flexibility index (Phi) is 6.32. The van der Waals surface area contributed by atoms with Crippen molar-refractivity contribution in [2.45, 2.75) is 25.6 Å². The van der Waals surface area contributed by atoms with E-state index >= 15 is 0 Å². The van der Waals surface area contributed by atoms with Gasteiger partial charge in [0, 0.05) is 6.20 Å². The van der Waals surface area contributed by atoms with Gasteiger partial charge in [0.2, 0.25) is 11.8 Å². The number of pyridine rings is 1. The molecule has 3 aromatic rings. The lowest BCUT2D eigenvalue weighted by Gasteiger charge is -2.16. The van der Waals surface area contributed by atoms with E-state index in [1.807, 2.05) is 0 Å². The normalized spacial score (nSPS) is 11.9. The summed E-state index contributed by atoms with van der Waals surface area (Å²) in [6.45, 7) is 2.97. The van der Waals surface area contributed by atoms with E-state index in [1.165, 1.54) is 34.4 Å². The summed E-state index contributed by atoms with van der Waals surface area (Å²) in [5, 5.41) is 13.2. The molecule has 1 amide bonds. The fourth-order valence-corrected chi connectivity index (χ4v) is 3.65. The number of aliphatic hydroxyl groups is 1. The second kappa shape index (κ2) is 8.67. The summed E-state index contributed by atoms with van der Waals surface area (Å²) in [6.07, 6.45) is -2.70. The third-order valence-electron chi connectivity index (χ3n) is 4.13. The van der Waals surface area contributed by atoms with Crippen LogP contribution in [-0.2, 0) is 11.8 Å². The molecule has 170 valence electrons. The minimum atomic E-state index is -4.54. The molecule has 13 heteroatoms. The number of halogens is 3. The van der Waals surface area contributed by atoms with Gasteiger partial charge in [0.05, 0.1) is 36.0 Å². The van der Waals surface area contributed by atoms with Gasteiger partial charge in [-0.1, -0.05) is 11.3 Å². The fourth-order valence-electron chi connectivity index (χ4n) is 2.68. The number of nitrogens with zero attached hydrogens (tertiary/aromatic N) is 4. The molecule has 0 atom stereocenters. The molecule has 0 fully saturated rings. The Morgan fingerprint density at radius 3 is 2.19 bits per heavy atom. The Balaban J connectivity index is 2.00. The van der Waals surface area contributed by atoms with Crippen LogP contribution in [0.2, 0.25) is 0 Å². The number of hydrogen-bond acceptors (Lipinski definition) is 9. The van der Waals surface area contributed by atoms with Crippen LogP contribution in [0.15, 0.2) is 24.7 Å². The highest BCUT2D eigenvalue weighted by Crippen LogP contribution is 2.39. The molecular weight excluding hydrogens is 451 g/mol. The number of methoxy groups -OCH3 is 2. The van der Waals surface area contributed by atoms with E-state index in [0.29, 0.717) is 11.1 Å². The number of carbonyl (C=O) groups is 1. The summed E-state index contributed by atoms with van der Waals surface area (Å²) < 4.78 is 48.7. The van der Waals surface area contributed by atoms with Gasteiger partial charge >= 0.3 is 6.18 Å². The van der Waals surface area contributed by atoms with Crippen molar-refractivity contribution in [3.05, 3.63) is 40.7 Å². The quantitative estimate of drug-likeness (QED) is 0.563. The van der Waals surface area contributed by atoms with Crippen molar-refractivity contribution in [1.29, 1.82) is 0 Å². The van der Waals surface area contributed by atoms with E-state index in [1.54, 1.807) is 0 Å². The van der Waals surface area contributed by atoms with Gasteiger partial charge in [0.1, 0.15) is 12.0 Å². The fraction of sp³-hybridized carbons (Fsp3) is 0.316. The Labute approximate surface area is 184 Å². The Morgan fingerprint density at radius 2 is 1.72 bits per heavy atom. The summed E-state index contributed by atoms with van der Waals surface area (Å²) in [5.41, 5.74) is -2.17. The first kappa shape index (κ1) is 23.3. The maximum absolute atomic E-state index is 12.9. The second-order valence-corrected chi connectivity index (χ2v) is 7.91. The first-order chi connectivity index (χ1) is 15.0. The van der Waals surface area contributed by atoms with Crippen LogP contribution in [0.1, 0.15) is 34.6 Å². The summed E-state index contributed by atoms with van der Waals surface area (Å²) in [4.78, 5) is 29.0. The standard InChI is InChI=1S/C19H18F3N5O4S/c1-18(2,29)13-12(10-6-5-9(7-23-10)19(20,21)22)26-17(32-13)27-14(28)11-15(30-3)24-8-25-16(11)31-4/h5-8,29H,1-4H3,(H,26,27,28). The van der Waals surface area contributed by atoms with Crippen LogP contribution in [0, 0.1) is 0 Å². The van der Waals surface area contributed by atoms with Gasteiger partial charge in [-0.05, 0) is 26.0 Å². The lowest BCUT2D eigenvalue weighted by atomic mass is 10.0. The van der Waals surface area contributed by atoms with E-state index in [0.717, 1.165) is 23.5 Å². The monoisotopic (exact) mass is 469 g/mol. The molecule has 3 aromatic heterocycles. The highest BCUT2D eigenvalue weighted by Gasteiger charge is 2.32. The largest absolute Gasteiger partial charge is 0.480 e. The van der Waals surface area contributed by atoms with Crippen molar-refractivity contribution < 1.29 is 32.5 Å². The van der Waals surface area contributed by atoms with Gasteiger partial charge in [-0.2, -0.15) is 13.2 Å². The van der Waals surface area contributed by atoms with Crippen molar-refractivity contribution in [3.8, 4) is 23.1 Å². The highest BCUT2D eigenvalue weighted by atomic mass is 32.1. The maximum Gasteiger partial charge on any atom is 0.417 e. The number of hydrogen-bond donors (Lipinski definition) is 2. The smallest absolute Gasteiger partial charge is 0.417 e. The number of anilines is 1. The predicted molar refractivity (Wildman–Crippen MR) is 109 cm³/mol. The van der Waals surface area contributed by atoms with Gasteiger partial charge in [-0.15, -0.1) is 0 Å². The maximum atomic E-state index is 12.9. The average molecular weight is 469 g/mol. The summed E-state index contributed by atoms with van der Waals surface area (Å²) in [6, 6.07) is 2.01. The zero-order valence-corrected chi connectivity index (χ0v) is 18.1. The van der Waals surface area contributed by atoms with Crippen molar-refractivity contribution in [2.75, 3.05) is 19.5 Å². The summed E-state index contributed by atoms with van der Waals surface area (Å²) in [5.74, 6) is -0.751. The molecule has 0 aliphatic carbocycles. The molecule has 32 heavy (non-hydrogen) atoms. The number of alkyl halides is 3. The minimum absolute atomic E-state index is 0.0294. The number of rotatable bonds is 6. The Hall–Kier alpha value is -3.32. The molecule has 9 nitrogen and oxygen atoms in total. The molecule has 2 N–H and O–H groups in total. The Bertz CT molecular complexity index is 1110. The predicted octanol–water partition coefficient (Wildman–Crippen LogP) is 3.51. The molecule has 0 bridgehead atoms. The van der Waals surface area contributed by atoms with E-state index in [2.05, 4.69) is 25.3 Å². The number of carbonyl (C=O) groups excluding carboxylic acids is 1. The molecular formula is C19H18F3N5O4S. The second-order valence-electron chi connectivity index (χ2n) is 6.91. The molecule has 0 aliphatic rings. The van der Waals surface area contributed by atoms with Gasteiger partial charge in [0.25, 0.3) is 5.91 Å². The number of aromatic nitrogens is 4. The van der Waals surface area contributed by atoms with Crippen molar-refractivity contribution in [3.63, 3.8) is 0 Å². The number of ether oxygens (including phenoxy) is 2. The number of thiazole rings is 1. The molecule has 0 saturated heterocycles. The van der Waals surface area contributed by atoms with Crippen LogP contribution in [0.3, 0.4) is 0 Å². The van der Waals surface area contributed by atoms with Gasteiger partial charge in [-0.3, -0.25) is 15.1 Å². The highest BCUT2D eigenvalue weighted by molar-refractivity contribution is 7.16. The van der Waals surface area contributed by atoms with E-state index in [4.69, 9.17) is 9.47 Å². The lowest BCUT2D eigenvalue weighted by Crippen LogP contribution is -2.16. The lowest BCUT2D eigenvalue weighted by molar-refractivity contribution is -0.137.